The predicted molar refractivity (Wildman–Crippen MR) is 66.4 cm³/mol. The second-order valence-electron chi connectivity index (χ2n) is 5.71. The maximum Gasteiger partial charge on any atom is 0.117 e. The van der Waals surface area contributed by atoms with Gasteiger partial charge in [-0.15, -0.1) is 0 Å². The Labute approximate surface area is 98.4 Å². The standard InChI is InChI=1S/C14H23NO/c1-5-14(3,4)15-9-11-6-7-13(16-11)12-8-10(12)2/h6-7,10,12,15H,5,8-9H2,1-4H3. The lowest BCUT2D eigenvalue weighted by molar-refractivity contribution is 0.346. The van der Waals surface area contributed by atoms with E-state index in [0.29, 0.717) is 5.92 Å². The Balaban J connectivity index is 1.88. The summed E-state index contributed by atoms with van der Waals surface area (Å²) in [6, 6.07) is 4.25. The number of nitrogens with one attached hydrogen (secondary N) is 1. The molecular formula is C14H23NO. The molecule has 90 valence electrons. The molecule has 1 aromatic heterocycles. The van der Waals surface area contributed by atoms with Crippen molar-refractivity contribution in [3.8, 4) is 0 Å². The largest absolute Gasteiger partial charge is 0.464 e. The van der Waals surface area contributed by atoms with Gasteiger partial charge in [0, 0.05) is 11.5 Å². The molecule has 16 heavy (non-hydrogen) atoms. The van der Waals surface area contributed by atoms with Gasteiger partial charge in [0.05, 0.1) is 6.54 Å². The Kier molecular flexibility index (Phi) is 3.11. The molecule has 0 spiro atoms. The van der Waals surface area contributed by atoms with Crippen LogP contribution in [0, 0.1) is 5.92 Å². The minimum atomic E-state index is 0.194. The van der Waals surface area contributed by atoms with Gasteiger partial charge in [0.2, 0.25) is 0 Å². The van der Waals surface area contributed by atoms with Gasteiger partial charge >= 0.3 is 0 Å². The van der Waals surface area contributed by atoms with Gasteiger partial charge in [-0.05, 0) is 44.7 Å². The van der Waals surface area contributed by atoms with Crippen LogP contribution >= 0.6 is 0 Å². The van der Waals surface area contributed by atoms with Crippen molar-refractivity contribution in [2.45, 2.75) is 58.5 Å². The lowest BCUT2D eigenvalue weighted by Crippen LogP contribution is -2.37. The summed E-state index contributed by atoms with van der Waals surface area (Å²) in [6.07, 6.45) is 2.42. The SMILES string of the molecule is CCC(C)(C)NCc1ccc(C2CC2C)o1. The highest BCUT2D eigenvalue weighted by molar-refractivity contribution is 5.17. The molecule has 1 fully saturated rings. The smallest absolute Gasteiger partial charge is 0.117 e. The highest BCUT2D eigenvalue weighted by Crippen LogP contribution is 2.47. The van der Waals surface area contributed by atoms with Crippen LogP contribution in [0.2, 0.25) is 0 Å². The van der Waals surface area contributed by atoms with Crippen LogP contribution in [0.4, 0.5) is 0 Å². The molecule has 1 saturated carbocycles. The number of hydrogen-bond acceptors (Lipinski definition) is 2. The van der Waals surface area contributed by atoms with E-state index in [2.05, 4.69) is 45.1 Å². The fraction of sp³-hybridized carbons (Fsp3) is 0.714. The molecule has 2 unspecified atom stereocenters. The van der Waals surface area contributed by atoms with E-state index >= 15 is 0 Å². The highest BCUT2D eigenvalue weighted by atomic mass is 16.3. The topological polar surface area (TPSA) is 25.2 Å². The predicted octanol–water partition coefficient (Wildman–Crippen LogP) is 3.68. The summed E-state index contributed by atoms with van der Waals surface area (Å²) in [5.41, 5.74) is 0.194. The van der Waals surface area contributed by atoms with Crippen molar-refractivity contribution < 1.29 is 4.42 Å². The van der Waals surface area contributed by atoms with Gasteiger partial charge < -0.3 is 9.73 Å². The van der Waals surface area contributed by atoms with Crippen LogP contribution in [0.25, 0.3) is 0 Å². The Morgan fingerprint density at radius 2 is 2.12 bits per heavy atom. The van der Waals surface area contributed by atoms with Crippen molar-refractivity contribution in [2.75, 3.05) is 0 Å². The van der Waals surface area contributed by atoms with Crippen LogP contribution in [-0.2, 0) is 6.54 Å². The molecule has 0 aromatic carbocycles. The molecule has 2 heteroatoms. The zero-order valence-corrected chi connectivity index (χ0v) is 10.8. The first-order valence-corrected chi connectivity index (χ1v) is 6.35. The summed E-state index contributed by atoms with van der Waals surface area (Å²) in [6.45, 7) is 9.76. The summed E-state index contributed by atoms with van der Waals surface area (Å²) in [5, 5.41) is 3.52. The quantitative estimate of drug-likeness (QED) is 0.820. The van der Waals surface area contributed by atoms with Crippen LogP contribution < -0.4 is 5.32 Å². The van der Waals surface area contributed by atoms with Crippen molar-refractivity contribution >= 4 is 0 Å². The zero-order valence-electron chi connectivity index (χ0n) is 10.8. The lowest BCUT2D eigenvalue weighted by atomic mass is 10.0. The van der Waals surface area contributed by atoms with Gasteiger partial charge in [0.25, 0.3) is 0 Å². The van der Waals surface area contributed by atoms with Crippen molar-refractivity contribution in [3.05, 3.63) is 23.7 Å². The summed E-state index contributed by atoms with van der Waals surface area (Å²) in [5.74, 6) is 3.75. The number of furan rings is 1. The summed E-state index contributed by atoms with van der Waals surface area (Å²) in [7, 11) is 0. The third kappa shape index (κ3) is 2.67. The number of hydrogen-bond donors (Lipinski definition) is 1. The highest BCUT2D eigenvalue weighted by Gasteiger charge is 2.36. The van der Waals surface area contributed by atoms with Crippen molar-refractivity contribution in [3.63, 3.8) is 0 Å². The first-order valence-electron chi connectivity index (χ1n) is 6.35. The molecule has 1 aromatic rings. The molecule has 0 amide bonds. The van der Waals surface area contributed by atoms with Crippen LogP contribution in [-0.4, -0.2) is 5.54 Å². The molecule has 2 nitrogen and oxygen atoms in total. The Bertz CT molecular complexity index is 353. The van der Waals surface area contributed by atoms with Gasteiger partial charge in [-0.1, -0.05) is 13.8 Å². The van der Waals surface area contributed by atoms with Crippen LogP contribution in [0.1, 0.15) is 58.0 Å². The van der Waals surface area contributed by atoms with Crippen LogP contribution in [0.15, 0.2) is 16.5 Å². The normalized spacial score (nSPS) is 24.8. The lowest BCUT2D eigenvalue weighted by Gasteiger charge is -2.23. The number of rotatable bonds is 5. The Hall–Kier alpha value is -0.760. The zero-order chi connectivity index (χ0) is 11.8. The van der Waals surface area contributed by atoms with Crippen molar-refractivity contribution in [1.29, 1.82) is 0 Å². The maximum atomic E-state index is 5.86. The molecule has 1 aliphatic rings. The van der Waals surface area contributed by atoms with Crippen molar-refractivity contribution in [1.82, 2.24) is 5.32 Å². The van der Waals surface area contributed by atoms with Crippen LogP contribution in [0.3, 0.4) is 0 Å². The van der Waals surface area contributed by atoms with Gasteiger partial charge in [-0.2, -0.15) is 0 Å². The first-order chi connectivity index (χ1) is 7.52. The third-order valence-electron chi connectivity index (χ3n) is 3.78. The van der Waals surface area contributed by atoms with Gasteiger partial charge in [0.1, 0.15) is 11.5 Å². The molecule has 0 bridgehead atoms. The van der Waals surface area contributed by atoms with E-state index < -0.39 is 0 Å². The summed E-state index contributed by atoms with van der Waals surface area (Å²) < 4.78 is 5.86. The minimum Gasteiger partial charge on any atom is -0.464 e. The Morgan fingerprint density at radius 1 is 1.44 bits per heavy atom. The van der Waals surface area contributed by atoms with E-state index in [1.165, 1.54) is 12.2 Å². The molecule has 1 N–H and O–H groups in total. The summed E-state index contributed by atoms with van der Waals surface area (Å²) >= 11 is 0. The molecule has 1 heterocycles. The maximum absolute atomic E-state index is 5.86. The minimum absolute atomic E-state index is 0.194. The van der Waals surface area contributed by atoms with E-state index in [1.807, 2.05) is 0 Å². The van der Waals surface area contributed by atoms with Crippen molar-refractivity contribution in [2.24, 2.45) is 5.92 Å². The van der Waals surface area contributed by atoms with Gasteiger partial charge in [0.15, 0.2) is 0 Å². The molecular weight excluding hydrogens is 198 g/mol. The van der Waals surface area contributed by atoms with Gasteiger partial charge in [-0.3, -0.25) is 0 Å². The van der Waals surface area contributed by atoms with E-state index in [0.717, 1.165) is 24.6 Å². The average molecular weight is 221 g/mol. The fourth-order valence-corrected chi connectivity index (χ4v) is 1.86. The molecule has 0 saturated heterocycles. The molecule has 1 aliphatic carbocycles. The Morgan fingerprint density at radius 3 is 2.69 bits per heavy atom. The second-order valence-corrected chi connectivity index (χ2v) is 5.71. The molecule has 2 rings (SSSR count). The van der Waals surface area contributed by atoms with Crippen LogP contribution in [0.5, 0.6) is 0 Å². The third-order valence-corrected chi connectivity index (χ3v) is 3.78. The molecule has 0 aliphatic heterocycles. The monoisotopic (exact) mass is 221 g/mol. The molecule has 2 atom stereocenters. The van der Waals surface area contributed by atoms with E-state index in [1.54, 1.807) is 0 Å². The van der Waals surface area contributed by atoms with Gasteiger partial charge in [-0.25, -0.2) is 0 Å². The fourth-order valence-electron chi connectivity index (χ4n) is 1.86. The average Bonchev–Trinajstić information content (AvgIpc) is 2.81. The first kappa shape index (κ1) is 11.7. The molecule has 0 radical (unpaired) electrons. The second kappa shape index (κ2) is 4.25. The van der Waals surface area contributed by atoms with E-state index in [4.69, 9.17) is 4.42 Å². The van der Waals surface area contributed by atoms with E-state index in [9.17, 15) is 0 Å². The van der Waals surface area contributed by atoms with E-state index in [-0.39, 0.29) is 5.54 Å². The summed E-state index contributed by atoms with van der Waals surface area (Å²) in [4.78, 5) is 0.